The van der Waals surface area contributed by atoms with E-state index in [2.05, 4.69) is 25.3 Å². The number of pyridine rings is 1. The Hall–Kier alpha value is -0.140. The van der Waals surface area contributed by atoms with Gasteiger partial charge in [0.05, 0.1) is 14.6 Å². The van der Waals surface area contributed by atoms with Crippen molar-refractivity contribution < 1.29 is 4.55 Å². The first kappa shape index (κ1) is 16.2. The van der Waals surface area contributed by atoms with Crippen molar-refractivity contribution in [3.8, 4) is 0 Å². The largest absolute Gasteiger partial charge is 0.591 e. The van der Waals surface area contributed by atoms with Gasteiger partial charge in [0.25, 0.3) is 0 Å². The van der Waals surface area contributed by atoms with Gasteiger partial charge in [-0.3, -0.25) is 0 Å². The zero-order valence-electron chi connectivity index (χ0n) is 11.5. The number of hydrogen-bond acceptors (Lipinski definition) is 4. The second-order valence-electron chi connectivity index (χ2n) is 5.26. The molecule has 20 heavy (non-hydrogen) atoms. The third-order valence-corrected chi connectivity index (χ3v) is 6.75. The van der Waals surface area contributed by atoms with Crippen LogP contribution in [0.2, 0.25) is 5.02 Å². The predicted octanol–water partition coefficient (Wildman–Crippen LogP) is 4.98. The minimum atomic E-state index is -1.29. The fourth-order valence-corrected chi connectivity index (χ4v) is 4.22. The van der Waals surface area contributed by atoms with Gasteiger partial charge in [-0.05, 0) is 49.7 Å². The van der Waals surface area contributed by atoms with Gasteiger partial charge in [-0.2, -0.15) is 0 Å². The minimum absolute atomic E-state index is 0.382. The van der Waals surface area contributed by atoms with E-state index in [-0.39, 0.29) is 4.75 Å². The number of halogens is 2. The predicted molar refractivity (Wildman–Crippen MR) is 92.4 cm³/mol. The smallest absolute Gasteiger partial charge is 0.144 e. The lowest BCUT2D eigenvalue weighted by Gasteiger charge is -2.18. The molecule has 0 bridgehead atoms. The summed E-state index contributed by atoms with van der Waals surface area (Å²) in [6, 6.07) is 1.87. The molecule has 3 nitrogen and oxygen atoms in total. The lowest BCUT2D eigenvalue weighted by atomic mass is 10.2. The highest BCUT2D eigenvalue weighted by Gasteiger charge is 2.27. The van der Waals surface area contributed by atoms with Crippen molar-refractivity contribution in [1.29, 1.82) is 0 Å². The Morgan fingerprint density at radius 2 is 2.15 bits per heavy atom. The molecule has 0 aliphatic rings. The molecule has 2 rings (SSSR count). The van der Waals surface area contributed by atoms with Crippen LogP contribution in [0.3, 0.4) is 0 Å². The summed E-state index contributed by atoms with van der Waals surface area (Å²) in [6.45, 7) is 7.52. The molecule has 2 heterocycles. The van der Waals surface area contributed by atoms with Gasteiger partial charge in [-0.25, -0.2) is 4.98 Å². The van der Waals surface area contributed by atoms with Gasteiger partial charge in [0.1, 0.15) is 26.4 Å². The number of thiophene rings is 1. The highest BCUT2D eigenvalue weighted by Crippen LogP contribution is 2.38. The van der Waals surface area contributed by atoms with Crippen molar-refractivity contribution in [1.82, 2.24) is 4.98 Å². The lowest BCUT2D eigenvalue weighted by Crippen LogP contribution is -2.26. The second-order valence-corrected chi connectivity index (χ2v) is 9.32. The maximum atomic E-state index is 12.1. The molecule has 0 saturated heterocycles. The van der Waals surface area contributed by atoms with Crippen LogP contribution in [0.25, 0.3) is 10.1 Å². The minimum Gasteiger partial charge on any atom is -0.591 e. The zero-order chi connectivity index (χ0) is 15.1. The summed E-state index contributed by atoms with van der Waals surface area (Å²) in [7, 11) is 0. The van der Waals surface area contributed by atoms with Gasteiger partial charge in [0.2, 0.25) is 0 Å². The number of hydrogen-bond donors (Lipinski definition) is 0. The van der Waals surface area contributed by atoms with Crippen LogP contribution in [0.15, 0.2) is 21.3 Å². The molecular formula is C13H14BrClN2OS2. The standard InChI is InChI=1S/C13H14BrClN2OS2/c1-7(17-20(18)13(2,3)4)10-9(15)8-5-6-16-12(14)11(8)19-10/h5-6H,1-4H3/b17-7+. The summed E-state index contributed by atoms with van der Waals surface area (Å²) in [6.07, 6.45) is 1.70. The fraction of sp³-hybridized carbons (Fsp3) is 0.385. The molecule has 2 aromatic heterocycles. The van der Waals surface area contributed by atoms with E-state index >= 15 is 0 Å². The molecule has 7 heteroatoms. The van der Waals surface area contributed by atoms with Crippen molar-refractivity contribution >= 4 is 66.0 Å². The van der Waals surface area contributed by atoms with Crippen LogP contribution in [0.4, 0.5) is 0 Å². The summed E-state index contributed by atoms with van der Waals surface area (Å²) in [5.41, 5.74) is 0.691. The number of nitrogens with zero attached hydrogens (tertiary/aromatic N) is 2. The summed E-state index contributed by atoms with van der Waals surface area (Å²) < 4.78 is 17.7. The highest BCUT2D eigenvalue weighted by atomic mass is 79.9. The quantitative estimate of drug-likeness (QED) is 0.410. The molecule has 0 radical (unpaired) electrons. The molecule has 2 aromatic rings. The summed E-state index contributed by atoms with van der Waals surface area (Å²) in [5.74, 6) is 0. The van der Waals surface area contributed by atoms with E-state index in [4.69, 9.17) is 11.6 Å². The number of rotatable bonds is 2. The highest BCUT2D eigenvalue weighted by molar-refractivity contribution is 9.10. The first-order valence-electron chi connectivity index (χ1n) is 5.92. The van der Waals surface area contributed by atoms with Gasteiger partial charge in [-0.15, -0.1) is 11.3 Å². The van der Waals surface area contributed by atoms with Gasteiger partial charge in [0, 0.05) is 11.6 Å². The van der Waals surface area contributed by atoms with Crippen molar-refractivity contribution in [3.63, 3.8) is 0 Å². The Kier molecular flexibility index (Phi) is 4.81. The zero-order valence-corrected chi connectivity index (χ0v) is 15.5. The van der Waals surface area contributed by atoms with Crippen LogP contribution < -0.4 is 0 Å². The Bertz CT molecular complexity index is 679. The van der Waals surface area contributed by atoms with Crippen LogP contribution in [0.5, 0.6) is 0 Å². The summed E-state index contributed by atoms with van der Waals surface area (Å²) in [4.78, 5) is 5.03. The monoisotopic (exact) mass is 392 g/mol. The van der Waals surface area contributed by atoms with Gasteiger partial charge in [0.15, 0.2) is 0 Å². The van der Waals surface area contributed by atoms with Crippen molar-refractivity contribution in [3.05, 3.63) is 26.8 Å². The molecular weight excluding hydrogens is 380 g/mol. The molecule has 0 saturated carbocycles. The Morgan fingerprint density at radius 3 is 2.70 bits per heavy atom. The van der Waals surface area contributed by atoms with E-state index in [0.717, 1.165) is 19.6 Å². The fourth-order valence-electron chi connectivity index (χ4n) is 1.50. The molecule has 1 unspecified atom stereocenters. The van der Waals surface area contributed by atoms with Crippen molar-refractivity contribution in [2.75, 3.05) is 0 Å². The third kappa shape index (κ3) is 3.20. The van der Waals surface area contributed by atoms with E-state index in [1.807, 2.05) is 33.8 Å². The maximum Gasteiger partial charge on any atom is 0.144 e. The second kappa shape index (κ2) is 5.93. The number of aromatic nitrogens is 1. The Morgan fingerprint density at radius 1 is 1.50 bits per heavy atom. The molecule has 0 aliphatic heterocycles. The van der Waals surface area contributed by atoms with Crippen LogP contribution in [0, 0.1) is 0 Å². The molecule has 0 N–H and O–H groups in total. The first-order chi connectivity index (χ1) is 9.21. The molecule has 1 atom stereocenters. The summed E-state index contributed by atoms with van der Waals surface area (Å²) in [5, 5.41) is 1.57. The maximum absolute atomic E-state index is 12.1. The van der Waals surface area contributed by atoms with Crippen molar-refractivity contribution in [2.24, 2.45) is 4.40 Å². The molecule has 0 spiro atoms. The first-order valence-corrected chi connectivity index (χ1v) is 9.01. The Balaban J connectivity index is 2.51. The number of fused-ring (bicyclic) bond motifs is 1. The average molecular weight is 394 g/mol. The average Bonchev–Trinajstić information content (AvgIpc) is 2.67. The lowest BCUT2D eigenvalue weighted by molar-refractivity contribution is 0.561. The van der Waals surface area contributed by atoms with E-state index in [1.165, 1.54) is 11.3 Å². The molecule has 0 amide bonds. The van der Waals surface area contributed by atoms with Gasteiger partial charge >= 0.3 is 0 Å². The van der Waals surface area contributed by atoms with E-state index in [0.29, 0.717) is 10.7 Å². The SMILES string of the molecule is C/C(=N\[S+]([O-])C(C)(C)C)c1sc2c(Br)nccc2c1Cl. The molecule has 0 aliphatic carbocycles. The van der Waals surface area contributed by atoms with E-state index in [1.54, 1.807) is 6.20 Å². The van der Waals surface area contributed by atoms with Crippen LogP contribution in [0.1, 0.15) is 32.6 Å². The van der Waals surface area contributed by atoms with Crippen LogP contribution >= 0.6 is 38.9 Å². The van der Waals surface area contributed by atoms with E-state index < -0.39 is 11.4 Å². The molecule has 108 valence electrons. The molecule has 0 aromatic carbocycles. The van der Waals surface area contributed by atoms with Gasteiger partial charge < -0.3 is 4.55 Å². The normalized spacial score (nSPS) is 14.8. The van der Waals surface area contributed by atoms with Crippen LogP contribution in [-0.2, 0) is 11.4 Å². The van der Waals surface area contributed by atoms with E-state index in [9.17, 15) is 4.55 Å². The Labute approximate surface area is 138 Å². The van der Waals surface area contributed by atoms with Crippen LogP contribution in [-0.4, -0.2) is 20.0 Å². The molecule has 0 fully saturated rings. The summed E-state index contributed by atoms with van der Waals surface area (Å²) >= 11 is 10.0. The topological polar surface area (TPSA) is 48.3 Å². The van der Waals surface area contributed by atoms with Gasteiger partial charge in [-0.1, -0.05) is 16.0 Å². The van der Waals surface area contributed by atoms with Crippen molar-refractivity contribution in [2.45, 2.75) is 32.4 Å². The third-order valence-electron chi connectivity index (χ3n) is 2.57.